The van der Waals surface area contributed by atoms with Crippen LogP contribution in [-0.4, -0.2) is 32.6 Å². The van der Waals surface area contributed by atoms with Gasteiger partial charge in [0, 0.05) is 13.6 Å². The first kappa shape index (κ1) is 14.0. The van der Waals surface area contributed by atoms with Crippen molar-refractivity contribution in [1.82, 2.24) is 4.31 Å². The van der Waals surface area contributed by atoms with E-state index in [1.54, 1.807) is 14.2 Å². The Hall–Kier alpha value is -1.07. The Morgan fingerprint density at radius 3 is 2.29 bits per heavy atom. The van der Waals surface area contributed by atoms with Crippen LogP contribution in [0.15, 0.2) is 24.3 Å². The number of ether oxygens (including phenoxy) is 1. The average Bonchev–Trinajstić information content (AvgIpc) is 2.30. The van der Waals surface area contributed by atoms with E-state index in [2.05, 4.69) is 0 Å². The summed E-state index contributed by atoms with van der Waals surface area (Å²) in [7, 11) is 0.0882. The van der Waals surface area contributed by atoms with Crippen LogP contribution in [0, 0.1) is 0 Å². The molecule has 0 aromatic heterocycles. The summed E-state index contributed by atoms with van der Waals surface area (Å²) in [6, 6.07) is 7.40. The van der Waals surface area contributed by atoms with Crippen LogP contribution in [0.4, 0.5) is 0 Å². The Balaban J connectivity index is 2.70. The largest absolute Gasteiger partial charge is 0.497 e. The molecule has 4 nitrogen and oxygen atoms in total. The van der Waals surface area contributed by atoms with Gasteiger partial charge >= 0.3 is 0 Å². The first-order chi connectivity index (χ1) is 7.99. The molecule has 0 unspecified atom stereocenters. The zero-order chi connectivity index (χ0) is 12.9. The van der Waals surface area contributed by atoms with E-state index in [4.69, 9.17) is 4.74 Å². The maximum Gasteiger partial charge on any atom is 0.214 e. The number of methoxy groups -OCH3 is 1. The smallest absolute Gasteiger partial charge is 0.214 e. The van der Waals surface area contributed by atoms with Crippen LogP contribution in [0.2, 0.25) is 0 Å². The van der Waals surface area contributed by atoms with Gasteiger partial charge in [0.2, 0.25) is 10.0 Å². The molecule has 0 bridgehead atoms. The fourth-order valence-electron chi connectivity index (χ4n) is 1.50. The standard InChI is InChI=1S/C12H19NO3S/c1-4-9-17(14,15)13(2)10-11-5-7-12(16-3)8-6-11/h5-8H,4,9-10H2,1-3H3. The number of benzene rings is 1. The van der Waals surface area contributed by atoms with Gasteiger partial charge < -0.3 is 4.74 Å². The number of hydrogen-bond donors (Lipinski definition) is 0. The lowest BCUT2D eigenvalue weighted by Crippen LogP contribution is -2.28. The third-order valence-electron chi connectivity index (χ3n) is 2.50. The molecule has 0 radical (unpaired) electrons. The fourth-order valence-corrected chi connectivity index (χ4v) is 2.67. The Morgan fingerprint density at radius 1 is 1.24 bits per heavy atom. The van der Waals surface area contributed by atoms with Gasteiger partial charge in [0.15, 0.2) is 0 Å². The third-order valence-corrected chi connectivity index (χ3v) is 4.50. The minimum atomic E-state index is -3.12. The Morgan fingerprint density at radius 2 is 1.82 bits per heavy atom. The lowest BCUT2D eigenvalue weighted by Gasteiger charge is -2.16. The summed E-state index contributed by atoms with van der Waals surface area (Å²) >= 11 is 0. The highest BCUT2D eigenvalue weighted by atomic mass is 32.2. The zero-order valence-corrected chi connectivity index (χ0v) is 11.3. The van der Waals surface area contributed by atoms with Gasteiger partial charge in [-0.05, 0) is 24.1 Å². The Labute approximate surface area is 103 Å². The summed E-state index contributed by atoms with van der Waals surface area (Å²) in [6.07, 6.45) is 0.634. The Kier molecular flexibility index (Phi) is 4.96. The molecule has 96 valence electrons. The summed E-state index contributed by atoms with van der Waals surface area (Å²) in [5.41, 5.74) is 0.952. The van der Waals surface area contributed by atoms with Crippen LogP contribution in [0.3, 0.4) is 0 Å². The molecule has 0 amide bonds. The molecular weight excluding hydrogens is 238 g/mol. The molecule has 0 aliphatic carbocycles. The van der Waals surface area contributed by atoms with E-state index in [0.29, 0.717) is 13.0 Å². The van der Waals surface area contributed by atoms with Crippen LogP contribution in [0.25, 0.3) is 0 Å². The molecule has 0 atom stereocenters. The van der Waals surface area contributed by atoms with Gasteiger partial charge in [-0.25, -0.2) is 12.7 Å². The van der Waals surface area contributed by atoms with E-state index >= 15 is 0 Å². The highest BCUT2D eigenvalue weighted by Crippen LogP contribution is 2.14. The summed E-state index contributed by atoms with van der Waals surface area (Å²) in [5, 5.41) is 0. The van der Waals surface area contributed by atoms with Crippen molar-refractivity contribution in [3.05, 3.63) is 29.8 Å². The summed E-state index contributed by atoms with van der Waals surface area (Å²) in [6.45, 7) is 2.26. The fraction of sp³-hybridized carbons (Fsp3) is 0.500. The Bertz CT molecular complexity index is 439. The maximum atomic E-state index is 11.8. The van der Waals surface area contributed by atoms with E-state index in [9.17, 15) is 8.42 Å². The monoisotopic (exact) mass is 257 g/mol. The molecule has 0 N–H and O–H groups in total. The first-order valence-corrected chi connectivity index (χ1v) is 7.17. The highest BCUT2D eigenvalue weighted by Gasteiger charge is 2.16. The summed E-state index contributed by atoms with van der Waals surface area (Å²) in [4.78, 5) is 0. The van der Waals surface area contributed by atoms with Crippen molar-refractivity contribution < 1.29 is 13.2 Å². The molecule has 1 rings (SSSR count). The van der Waals surface area contributed by atoms with Gasteiger partial charge in [-0.1, -0.05) is 19.1 Å². The van der Waals surface area contributed by atoms with Crippen molar-refractivity contribution in [1.29, 1.82) is 0 Å². The van der Waals surface area contributed by atoms with Crippen LogP contribution >= 0.6 is 0 Å². The molecule has 0 aliphatic heterocycles. The van der Waals surface area contributed by atoms with Gasteiger partial charge in [-0.3, -0.25) is 0 Å². The average molecular weight is 257 g/mol. The lowest BCUT2D eigenvalue weighted by molar-refractivity contribution is 0.414. The molecule has 5 heteroatoms. The quantitative estimate of drug-likeness (QED) is 0.781. The van der Waals surface area contributed by atoms with Crippen LogP contribution < -0.4 is 4.74 Å². The number of rotatable bonds is 6. The first-order valence-electron chi connectivity index (χ1n) is 5.56. The molecule has 0 fully saturated rings. The van der Waals surface area contributed by atoms with Crippen molar-refractivity contribution in [2.45, 2.75) is 19.9 Å². The predicted octanol–water partition coefficient (Wildman–Crippen LogP) is 1.87. The minimum Gasteiger partial charge on any atom is -0.497 e. The van der Waals surface area contributed by atoms with Gasteiger partial charge in [0.25, 0.3) is 0 Å². The minimum absolute atomic E-state index is 0.194. The second kappa shape index (κ2) is 6.02. The zero-order valence-electron chi connectivity index (χ0n) is 10.5. The van der Waals surface area contributed by atoms with Crippen molar-refractivity contribution >= 4 is 10.0 Å². The van der Waals surface area contributed by atoms with Crippen molar-refractivity contribution in [3.63, 3.8) is 0 Å². The second-order valence-electron chi connectivity index (χ2n) is 3.92. The highest BCUT2D eigenvalue weighted by molar-refractivity contribution is 7.89. The number of sulfonamides is 1. The third kappa shape index (κ3) is 4.02. The van der Waals surface area contributed by atoms with Crippen molar-refractivity contribution in [3.8, 4) is 5.75 Å². The van der Waals surface area contributed by atoms with E-state index in [0.717, 1.165) is 11.3 Å². The maximum absolute atomic E-state index is 11.8. The van der Waals surface area contributed by atoms with Gasteiger partial charge in [-0.2, -0.15) is 0 Å². The molecule has 0 heterocycles. The molecule has 17 heavy (non-hydrogen) atoms. The lowest BCUT2D eigenvalue weighted by atomic mass is 10.2. The van der Waals surface area contributed by atoms with Crippen LogP contribution in [-0.2, 0) is 16.6 Å². The van der Waals surface area contributed by atoms with Crippen LogP contribution in [0.1, 0.15) is 18.9 Å². The van der Waals surface area contributed by atoms with E-state index in [1.165, 1.54) is 4.31 Å². The number of nitrogens with zero attached hydrogens (tertiary/aromatic N) is 1. The van der Waals surface area contributed by atoms with Gasteiger partial charge in [0.05, 0.1) is 12.9 Å². The molecule has 0 aliphatic rings. The van der Waals surface area contributed by atoms with Gasteiger partial charge in [-0.15, -0.1) is 0 Å². The SMILES string of the molecule is CCCS(=O)(=O)N(C)Cc1ccc(OC)cc1. The predicted molar refractivity (Wildman–Crippen MR) is 68.5 cm³/mol. The van der Waals surface area contributed by atoms with Crippen LogP contribution in [0.5, 0.6) is 5.75 Å². The summed E-state index contributed by atoms with van der Waals surface area (Å²) in [5.74, 6) is 0.965. The van der Waals surface area contributed by atoms with Crippen molar-refractivity contribution in [2.75, 3.05) is 19.9 Å². The summed E-state index contributed by atoms with van der Waals surface area (Å²) < 4.78 is 30.0. The van der Waals surface area contributed by atoms with E-state index in [-0.39, 0.29) is 5.75 Å². The van der Waals surface area contributed by atoms with E-state index in [1.807, 2.05) is 31.2 Å². The molecule has 0 spiro atoms. The normalized spacial score (nSPS) is 11.8. The second-order valence-corrected chi connectivity index (χ2v) is 6.12. The number of hydrogen-bond acceptors (Lipinski definition) is 3. The molecule has 0 saturated carbocycles. The van der Waals surface area contributed by atoms with Crippen molar-refractivity contribution in [2.24, 2.45) is 0 Å². The molecular formula is C12H19NO3S. The topological polar surface area (TPSA) is 46.6 Å². The van der Waals surface area contributed by atoms with Gasteiger partial charge in [0.1, 0.15) is 5.75 Å². The molecule has 0 saturated heterocycles. The molecule has 1 aromatic carbocycles. The molecule has 1 aromatic rings. The van der Waals surface area contributed by atoms with E-state index < -0.39 is 10.0 Å².